The fourth-order valence-electron chi connectivity index (χ4n) is 2.77. The highest BCUT2D eigenvalue weighted by molar-refractivity contribution is 7.69. The molecule has 1 nitrogen and oxygen atoms in total. The van der Waals surface area contributed by atoms with Crippen molar-refractivity contribution in [2.45, 2.75) is 19.5 Å². The Morgan fingerprint density at radius 1 is 0.950 bits per heavy atom. The molecule has 2 aromatic rings. The molecule has 0 fully saturated rings. The molecular formula is C18H20NP. The van der Waals surface area contributed by atoms with Crippen LogP contribution in [0.3, 0.4) is 0 Å². The van der Waals surface area contributed by atoms with Crippen LogP contribution in [-0.2, 0) is 6.16 Å². The smallest absolute Gasteiger partial charge is 0.0617 e. The number of rotatable bonds is 3. The van der Waals surface area contributed by atoms with E-state index < -0.39 is 7.05 Å². The van der Waals surface area contributed by atoms with E-state index >= 15 is 0 Å². The fourth-order valence-corrected chi connectivity index (χ4v) is 6.51. The number of benzene rings is 2. The first-order valence-corrected chi connectivity index (χ1v) is 9.31. The number of hydrogen-bond acceptors (Lipinski definition) is 1. The summed E-state index contributed by atoms with van der Waals surface area (Å²) in [5.74, 6) is 2.48. The largest absolute Gasteiger partial charge is 0.263 e. The van der Waals surface area contributed by atoms with E-state index in [1.807, 2.05) is 0 Å². The van der Waals surface area contributed by atoms with Crippen molar-refractivity contribution in [2.24, 2.45) is 4.74 Å². The molecule has 0 saturated carbocycles. The van der Waals surface area contributed by atoms with Crippen molar-refractivity contribution in [3.8, 4) is 0 Å². The Balaban J connectivity index is 2.00. The third kappa shape index (κ3) is 3.11. The van der Waals surface area contributed by atoms with Crippen LogP contribution in [0.4, 0.5) is 5.69 Å². The summed E-state index contributed by atoms with van der Waals surface area (Å²) < 4.78 is 5.17. The summed E-state index contributed by atoms with van der Waals surface area (Å²) in [6.45, 7) is 2.24. The van der Waals surface area contributed by atoms with Crippen molar-refractivity contribution in [3.63, 3.8) is 0 Å². The van der Waals surface area contributed by atoms with Crippen molar-refractivity contribution < 1.29 is 0 Å². The molecular weight excluding hydrogens is 261 g/mol. The summed E-state index contributed by atoms with van der Waals surface area (Å²) in [6, 6.07) is 21.2. The van der Waals surface area contributed by atoms with Gasteiger partial charge in [0.25, 0.3) is 0 Å². The lowest BCUT2D eigenvalue weighted by Crippen LogP contribution is -1.88. The standard InChI is InChI=1S/C18H20NP/c1-16-12-13-20(14-16,15-17-8-4-2-5-9-17)19-18-10-6-3-7-11-18/h2-11,14H,12-13,15H2,1H3. The van der Waals surface area contributed by atoms with E-state index in [1.54, 1.807) is 0 Å². The molecule has 102 valence electrons. The molecule has 1 aliphatic heterocycles. The summed E-state index contributed by atoms with van der Waals surface area (Å²) in [5.41, 5.74) is 4.04. The van der Waals surface area contributed by atoms with Crippen LogP contribution in [0.1, 0.15) is 18.9 Å². The van der Waals surface area contributed by atoms with Crippen LogP contribution >= 0.6 is 7.05 Å². The highest BCUT2D eigenvalue weighted by Gasteiger charge is 2.23. The molecule has 20 heavy (non-hydrogen) atoms. The van der Waals surface area contributed by atoms with Crippen LogP contribution in [0, 0.1) is 0 Å². The average Bonchev–Trinajstić information content (AvgIpc) is 2.82. The summed E-state index contributed by atoms with van der Waals surface area (Å²) in [5, 5.41) is 0. The monoisotopic (exact) mass is 281 g/mol. The van der Waals surface area contributed by atoms with E-state index in [0.29, 0.717) is 0 Å². The van der Waals surface area contributed by atoms with Gasteiger partial charge < -0.3 is 0 Å². The van der Waals surface area contributed by atoms with Crippen LogP contribution in [0.15, 0.2) is 76.8 Å². The summed E-state index contributed by atoms with van der Waals surface area (Å²) >= 11 is 0. The van der Waals surface area contributed by atoms with E-state index in [9.17, 15) is 0 Å². The van der Waals surface area contributed by atoms with Crippen molar-refractivity contribution in [3.05, 3.63) is 77.6 Å². The molecule has 2 heteroatoms. The molecule has 1 aliphatic rings. The lowest BCUT2D eigenvalue weighted by Gasteiger charge is -2.17. The molecule has 3 rings (SSSR count). The SMILES string of the molecule is CC1=CP(Cc2ccccc2)(=Nc2ccccc2)CC1. The Bertz CT molecular complexity index is 656. The Hall–Kier alpha value is -1.59. The van der Waals surface area contributed by atoms with Crippen LogP contribution in [0.25, 0.3) is 0 Å². The van der Waals surface area contributed by atoms with Crippen molar-refractivity contribution >= 4 is 12.7 Å². The molecule has 0 bridgehead atoms. The third-order valence-corrected chi connectivity index (χ3v) is 7.19. The first-order chi connectivity index (χ1) is 9.76. The zero-order valence-corrected chi connectivity index (χ0v) is 12.8. The van der Waals surface area contributed by atoms with Crippen molar-refractivity contribution in [1.29, 1.82) is 0 Å². The van der Waals surface area contributed by atoms with Crippen LogP contribution in [0.5, 0.6) is 0 Å². The lowest BCUT2D eigenvalue weighted by molar-refractivity contribution is 1.13. The molecule has 0 aromatic heterocycles. The Labute approximate surface area is 121 Å². The van der Waals surface area contributed by atoms with Gasteiger partial charge >= 0.3 is 0 Å². The first kappa shape index (κ1) is 13.4. The Morgan fingerprint density at radius 2 is 1.60 bits per heavy atom. The topological polar surface area (TPSA) is 12.4 Å². The Morgan fingerprint density at radius 3 is 2.20 bits per heavy atom. The van der Waals surface area contributed by atoms with Gasteiger partial charge in [-0.1, -0.05) is 54.1 Å². The molecule has 0 saturated heterocycles. The van der Waals surface area contributed by atoms with Gasteiger partial charge in [-0.05, 0) is 43.0 Å². The fraction of sp³-hybridized carbons (Fsp3) is 0.222. The van der Waals surface area contributed by atoms with Gasteiger partial charge in [0, 0.05) is 13.2 Å². The van der Waals surface area contributed by atoms with Crippen LogP contribution in [0.2, 0.25) is 0 Å². The Kier molecular flexibility index (Phi) is 3.89. The molecule has 0 spiro atoms. The summed E-state index contributed by atoms with van der Waals surface area (Å²) in [7, 11) is -1.38. The summed E-state index contributed by atoms with van der Waals surface area (Å²) in [4.78, 5) is 0. The zero-order valence-electron chi connectivity index (χ0n) is 11.9. The lowest BCUT2D eigenvalue weighted by atomic mass is 10.2. The van der Waals surface area contributed by atoms with Gasteiger partial charge in [0.2, 0.25) is 0 Å². The number of hydrogen-bond donors (Lipinski definition) is 0. The average molecular weight is 281 g/mol. The van der Waals surface area contributed by atoms with Gasteiger partial charge in [0.1, 0.15) is 0 Å². The molecule has 1 heterocycles. The molecule has 0 N–H and O–H groups in total. The normalized spacial score (nSPS) is 21.6. The van der Waals surface area contributed by atoms with Gasteiger partial charge in [0.15, 0.2) is 0 Å². The van der Waals surface area contributed by atoms with Crippen LogP contribution in [-0.4, -0.2) is 6.16 Å². The first-order valence-electron chi connectivity index (χ1n) is 7.13. The molecule has 0 aliphatic carbocycles. The van der Waals surface area contributed by atoms with E-state index in [4.69, 9.17) is 4.74 Å². The van der Waals surface area contributed by atoms with Crippen molar-refractivity contribution in [2.75, 3.05) is 6.16 Å². The van der Waals surface area contributed by atoms with E-state index in [1.165, 1.54) is 23.7 Å². The highest BCUT2D eigenvalue weighted by atomic mass is 31.2. The second-order valence-electron chi connectivity index (χ2n) is 5.52. The predicted octanol–water partition coefficient (Wildman–Crippen LogP) is 6.03. The van der Waals surface area contributed by atoms with E-state index in [2.05, 4.69) is 73.4 Å². The number of allylic oxidation sites excluding steroid dienone is 1. The second-order valence-corrected chi connectivity index (χ2v) is 8.71. The molecule has 1 atom stereocenters. The quantitative estimate of drug-likeness (QED) is 0.609. The molecule has 2 aromatic carbocycles. The number of nitrogens with zero attached hydrogens (tertiary/aromatic N) is 1. The predicted molar refractivity (Wildman–Crippen MR) is 88.8 cm³/mol. The van der Waals surface area contributed by atoms with Crippen LogP contribution < -0.4 is 0 Å². The summed E-state index contributed by atoms with van der Waals surface area (Å²) in [6.07, 6.45) is 3.53. The maximum absolute atomic E-state index is 5.17. The minimum absolute atomic E-state index is 1.10. The highest BCUT2D eigenvalue weighted by Crippen LogP contribution is 2.61. The zero-order chi connectivity index (χ0) is 13.8. The van der Waals surface area contributed by atoms with E-state index in [-0.39, 0.29) is 0 Å². The van der Waals surface area contributed by atoms with Gasteiger partial charge in [-0.2, -0.15) is 0 Å². The minimum atomic E-state index is -1.38. The maximum Gasteiger partial charge on any atom is 0.0617 e. The van der Waals surface area contributed by atoms with Gasteiger partial charge in [-0.15, -0.1) is 0 Å². The second kappa shape index (κ2) is 5.81. The maximum atomic E-state index is 5.17. The van der Waals surface area contributed by atoms with Gasteiger partial charge in [0.05, 0.1) is 5.69 Å². The van der Waals surface area contributed by atoms with Gasteiger partial charge in [-0.3, -0.25) is 4.74 Å². The molecule has 1 unspecified atom stereocenters. The third-order valence-electron chi connectivity index (χ3n) is 3.72. The molecule has 0 amide bonds. The van der Waals surface area contributed by atoms with E-state index in [0.717, 1.165) is 11.8 Å². The van der Waals surface area contributed by atoms with Gasteiger partial charge in [-0.25, -0.2) is 0 Å². The van der Waals surface area contributed by atoms with Crippen molar-refractivity contribution in [1.82, 2.24) is 0 Å². The molecule has 0 radical (unpaired) electrons. The minimum Gasteiger partial charge on any atom is -0.263 e.